The van der Waals surface area contributed by atoms with Gasteiger partial charge in [-0.05, 0) is 25.1 Å². The molecule has 92 valence electrons. The second kappa shape index (κ2) is 5.19. The van der Waals surface area contributed by atoms with E-state index < -0.39 is 0 Å². The van der Waals surface area contributed by atoms with Crippen molar-refractivity contribution in [3.05, 3.63) is 29.8 Å². The first-order valence-electron chi connectivity index (χ1n) is 5.75. The van der Waals surface area contributed by atoms with Crippen molar-refractivity contribution >= 4 is 5.91 Å². The van der Waals surface area contributed by atoms with Crippen LogP contribution < -0.4 is 4.74 Å². The van der Waals surface area contributed by atoms with Crippen LogP contribution in [0.2, 0.25) is 0 Å². The second-order valence-electron chi connectivity index (χ2n) is 4.16. The summed E-state index contributed by atoms with van der Waals surface area (Å²) in [6, 6.07) is 7.24. The molecule has 1 aliphatic rings. The molecule has 1 unspecified atom stereocenters. The van der Waals surface area contributed by atoms with Gasteiger partial charge in [-0.2, -0.15) is 0 Å². The average molecular weight is 235 g/mol. The quantitative estimate of drug-likeness (QED) is 0.780. The summed E-state index contributed by atoms with van der Waals surface area (Å²) in [7, 11) is 1.60. The van der Waals surface area contributed by atoms with Crippen LogP contribution in [0.15, 0.2) is 24.3 Å². The number of nitrogens with zero attached hydrogens (tertiary/aromatic N) is 1. The monoisotopic (exact) mass is 235 g/mol. The van der Waals surface area contributed by atoms with E-state index >= 15 is 0 Å². The Balaban J connectivity index is 2.12. The van der Waals surface area contributed by atoms with Gasteiger partial charge in [-0.1, -0.05) is 6.07 Å². The van der Waals surface area contributed by atoms with E-state index in [-0.39, 0.29) is 12.0 Å². The van der Waals surface area contributed by atoms with E-state index in [0.717, 1.165) is 0 Å². The van der Waals surface area contributed by atoms with E-state index in [0.29, 0.717) is 31.0 Å². The number of carbonyl (C=O) groups is 1. The summed E-state index contributed by atoms with van der Waals surface area (Å²) in [5.74, 6) is 0.746. The fourth-order valence-corrected chi connectivity index (χ4v) is 1.94. The maximum Gasteiger partial charge on any atom is 0.254 e. The first-order valence-corrected chi connectivity index (χ1v) is 5.75. The van der Waals surface area contributed by atoms with Crippen LogP contribution in [0.3, 0.4) is 0 Å². The molecular weight excluding hydrogens is 218 g/mol. The highest BCUT2D eigenvalue weighted by atomic mass is 16.5. The zero-order chi connectivity index (χ0) is 12.3. The third-order valence-electron chi connectivity index (χ3n) is 2.84. The number of morpholine rings is 1. The molecule has 4 heteroatoms. The summed E-state index contributed by atoms with van der Waals surface area (Å²) in [6.45, 7) is 3.89. The number of benzene rings is 1. The molecule has 1 amide bonds. The molecule has 0 aromatic heterocycles. The maximum atomic E-state index is 12.2. The van der Waals surface area contributed by atoms with Crippen molar-refractivity contribution in [3.63, 3.8) is 0 Å². The van der Waals surface area contributed by atoms with Gasteiger partial charge in [0.15, 0.2) is 0 Å². The third-order valence-corrected chi connectivity index (χ3v) is 2.84. The fraction of sp³-hybridized carbons (Fsp3) is 0.462. The van der Waals surface area contributed by atoms with Crippen LogP contribution in [0, 0.1) is 0 Å². The molecule has 1 atom stereocenters. The van der Waals surface area contributed by atoms with Gasteiger partial charge in [0, 0.05) is 18.7 Å². The predicted molar refractivity (Wildman–Crippen MR) is 64.3 cm³/mol. The van der Waals surface area contributed by atoms with Crippen LogP contribution in [-0.2, 0) is 4.74 Å². The van der Waals surface area contributed by atoms with Crippen molar-refractivity contribution in [1.82, 2.24) is 4.90 Å². The number of ether oxygens (including phenoxy) is 2. The van der Waals surface area contributed by atoms with Crippen LogP contribution in [0.4, 0.5) is 0 Å². The molecule has 2 rings (SSSR count). The molecule has 0 N–H and O–H groups in total. The average Bonchev–Trinajstić information content (AvgIpc) is 2.38. The molecule has 4 nitrogen and oxygen atoms in total. The number of carbonyl (C=O) groups excluding carboxylic acids is 1. The largest absolute Gasteiger partial charge is 0.497 e. The van der Waals surface area contributed by atoms with Crippen molar-refractivity contribution in [2.24, 2.45) is 0 Å². The van der Waals surface area contributed by atoms with Crippen LogP contribution >= 0.6 is 0 Å². The molecule has 1 heterocycles. The molecule has 1 aliphatic heterocycles. The zero-order valence-corrected chi connectivity index (χ0v) is 10.2. The molecule has 1 aromatic rings. The lowest BCUT2D eigenvalue weighted by molar-refractivity contribution is -0.0124. The van der Waals surface area contributed by atoms with Crippen LogP contribution in [-0.4, -0.2) is 43.7 Å². The first kappa shape index (κ1) is 11.9. The minimum absolute atomic E-state index is 0.0408. The van der Waals surface area contributed by atoms with Gasteiger partial charge >= 0.3 is 0 Å². The Morgan fingerprint density at radius 3 is 3.06 bits per heavy atom. The number of amides is 1. The van der Waals surface area contributed by atoms with Crippen molar-refractivity contribution in [3.8, 4) is 5.75 Å². The molecule has 0 radical (unpaired) electrons. The van der Waals surface area contributed by atoms with Gasteiger partial charge in [0.2, 0.25) is 0 Å². The van der Waals surface area contributed by atoms with Gasteiger partial charge in [-0.15, -0.1) is 0 Å². The number of methoxy groups -OCH3 is 1. The molecule has 0 saturated carbocycles. The van der Waals surface area contributed by atoms with Gasteiger partial charge in [0.1, 0.15) is 5.75 Å². The molecule has 0 bridgehead atoms. The van der Waals surface area contributed by atoms with E-state index in [9.17, 15) is 4.79 Å². The first-order chi connectivity index (χ1) is 8.20. The second-order valence-corrected chi connectivity index (χ2v) is 4.16. The molecular formula is C13H17NO3. The number of hydrogen-bond acceptors (Lipinski definition) is 3. The summed E-state index contributed by atoms with van der Waals surface area (Å²) in [5.41, 5.74) is 0.665. The lowest BCUT2D eigenvalue weighted by atomic mass is 10.1. The molecule has 1 saturated heterocycles. The van der Waals surface area contributed by atoms with E-state index in [2.05, 4.69) is 0 Å². The predicted octanol–water partition coefficient (Wildman–Crippen LogP) is 1.56. The van der Waals surface area contributed by atoms with Crippen LogP contribution in [0.5, 0.6) is 5.75 Å². The summed E-state index contributed by atoms with van der Waals surface area (Å²) < 4.78 is 10.5. The summed E-state index contributed by atoms with van der Waals surface area (Å²) >= 11 is 0. The Morgan fingerprint density at radius 1 is 1.53 bits per heavy atom. The van der Waals surface area contributed by atoms with Crippen LogP contribution in [0.25, 0.3) is 0 Å². The molecule has 0 spiro atoms. The minimum Gasteiger partial charge on any atom is -0.497 e. The minimum atomic E-state index is 0.0408. The van der Waals surface area contributed by atoms with Crippen molar-refractivity contribution in [2.75, 3.05) is 26.8 Å². The fourth-order valence-electron chi connectivity index (χ4n) is 1.94. The topological polar surface area (TPSA) is 38.8 Å². The Hall–Kier alpha value is -1.55. The van der Waals surface area contributed by atoms with E-state index in [1.807, 2.05) is 30.0 Å². The number of hydrogen-bond donors (Lipinski definition) is 0. The Labute approximate surface area is 101 Å². The Bertz CT molecular complexity index is 405. The molecule has 1 fully saturated rings. The highest BCUT2D eigenvalue weighted by molar-refractivity contribution is 5.94. The maximum absolute atomic E-state index is 12.2. The Morgan fingerprint density at radius 2 is 2.35 bits per heavy atom. The molecule has 0 aliphatic carbocycles. The summed E-state index contributed by atoms with van der Waals surface area (Å²) in [4.78, 5) is 14.1. The van der Waals surface area contributed by atoms with Gasteiger partial charge < -0.3 is 14.4 Å². The highest BCUT2D eigenvalue weighted by Crippen LogP contribution is 2.16. The summed E-state index contributed by atoms with van der Waals surface area (Å²) in [6.07, 6.45) is 0.110. The van der Waals surface area contributed by atoms with Gasteiger partial charge in [0.05, 0.1) is 19.8 Å². The third kappa shape index (κ3) is 2.77. The summed E-state index contributed by atoms with van der Waals surface area (Å²) in [5, 5.41) is 0. The molecule has 17 heavy (non-hydrogen) atoms. The van der Waals surface area contributed by atoms with Crippen molar-refractivity contribution < 1.29 is 14.3 Å². The SMILES string of the molecule is COc1cccc(C(=O)N2CCOC(C)C2)c1. The number of rotatable bonds is 2. The standard InChI is InChI=1S/C13H17NO3/c1-10-9-14(6-7-17-10)13(15)11-4-3-5-12(8-11)16-2/h3-5,8,10H,6-7,9H2,1-2H3. The van der Waals surface area contributed by atoms with Gasteiger partial charge in [-0.3, -0.25) is 4.79 Å². The lowest BCUT2D eigenvalue weighted by Gasteiger charge is -2.31. The van der Waals surface area contributed by atoms with E-state index in [1.54, 1.807) is 13.2 Å². The highest BCUT2D eigenvalue weighted by Gasteiger charge is 2.22. The smallest absolute Gasteiger partial charge is 0.254 e. The van der Waals surface area contributed by atoms with E-state index in [1.165, 1.54) is 0 Å². The van der Waals surface area contributed by atoms with Crippen molar-refractivity contribution in [2.45, 2.75) is 13.0 Å². The van der Waals surface area contributed by atoms with Crippen molar-refractivity contribution in [1.29, 1.82) is 0 Å². The van der Waals surface area contributed by atoms with Gasteiger partial charge in [0.25, 0.3) is 5.91 Å². The normalized spacial score (nSPS) is 20.1. The van der Waals surface area contributed by atoms with Gasteiger partial charge in [-0.25, -0.2) is 0 Å². The molecule has 1 aromatic carbocycles. The van der Waals surface area contributed by atoms with E-state index in [4.69, 9.17) is 9.47 Å². The lowest BCUT2D eigenvalue weighted by Crippen LogP contribution is -2.44. The zero-order valence-electron chi connectivity index (χ0n) is 10.2. The van der Waals surface area contributed by atoms with Crippen LogP contribution in [0.1, 0.15) is 17.3 Å². The Kier molecular flexibility index (Phi) is 3.64.